The molecule has 5 heteroatoms. The summed E-state index contributed by atoms with van der Waals surface area (Å²) in [4.78, 5) is 16.2. The van der Waals surface area contributed by atoms with Crippen molar-refractivity contribution in [3.8, 4) is 0 Å². The van der Waals surface area contributed by atoms with Gasteiger partial charge in [0, 0.05) is 24.5 Å². The van der Waals surface area contributed by atoms with Crippen LogP contribution in [0.4, 0.5) is 10.1 Å². The van der Waals surface area contributed by atoms with Gasteiger partial charge in [-0.25, -0.2) is 4.39 Å². The molecule has 0 spiro atoms. The highest BCUT2D eigenvalue weighted by molar-refractivity contribution is 5.95. The number of nitrogens with zero attached hydrogens (tertiary/aromatic N) is 1. The maximum absolute atomic E-state index is 12.8. The number of carbonyl (C=O) groups is 1. The zero-order valence-corrected chi connectivity index (χ0v) is 13.7. The molecule has 2 aromatic rings. The first-order valence-electron chi connectivity index (χ1n) is 7.59. The van der Waals surface area contributed by atoms with Crippen LogP contribution in [-0.2, 0) is 6.42 Å². The molecule has 0 saturated carbocycles. The van der Waals surface area contributed by atoms with Crippen molar-refractivity contribution in [1.29, 1.82) is 0 Å². The summed E-state index contributed by atoms with van der Waals surface area (Å²) in [5, 5.41) is 6.14. The van der Waals surface area contributed by atoms with E-state index in [2.05, 4.69) is 15.6 Å². The first kappa shape index (κ1) is 16.9. The average molecular weight is 315 g/mol. The van der Waals surface area contributed by atoms with Crippen LogP contribution in [-0.4, -0.2) is 23.0 Å². The number of halogens is 1. The molecule has 0 radical (unpaired) electrons. The average Bonchev–Trinajstić information content (AvgIpc) is 2.48. The highest BCUT2D eigenvalue weighted by Gasteiger charge is 2.15. The Morgan fingerprint density at radius 1 is 1.17 bits per heavy atom. The molecule has 0 aliphatic rings. The molecule has 1 heterocycles. The summed E-state index contributed by atoms with van der Waals surface area (Å²) in [6.45, 7) is 6.48. The largest absolute Gasteiger partial charge is 0.383 e. The molecular formula is C18H22FN3O. The van der Waals surface area contributed by atoms with Crippen molar-refractivity contribution in [3.05, 3.63) is 59.7 Å². The lowest BCUT2D eigenvalue weighted by atomic mass is 10.1. The number of nitrogens with one attached hydrogen (secondary N) is 2. The summed E-state index contributed by atoms with van der Waals surface area (Å²) in [6, 6.07) is 8.21. The summed E-state index contributed by atoms with van der Waals surface area (Å²) in [7, 11) is 0. The molecule has 0 bridgehead atoms. The van der Waals surface area contributed by atoms with E-state index in [9.17, 15) is 9.18 Å². The lowest BCUT2D eigenvalue weighted by molar-refractivity contribution is 0.0919. The summed E-state index contributed by atoms with van der Waals surface area (Å²) in [6.07, 6.45) is 3.99. The quantitative estimate of drug-likeness (QED) is 0.889. The van der Waals surface area contributed by atoms with Crippen LogP contribution in [0, 0.1) is 5.82 Å². The van der Waals surface area contributed by atoms with Gasteiger partial charge in [-0.15, -0.1) is 0 Å². The summed E-state index contributed by atoms with van der Waals surface area (Å²) in [5.74, 6) is -0.379. The van der Waals surface area contributed by atoms with Gasteiger partial charge in [0.1, 0.15) is 5.82 Å². The van der Waals surface area contributed by atoms with E-state index < -0.39 is 0 Å². The van der Waals surface area contributed by atoms with Gasteiger partial charge in [0.15, 0.2) is 0 Å². The number of benzene rings is 1. The van der Waals surface area contributed by atoms with E-state index in [4.69, 9.17) is 0 Å². The van der Waals surface area contributed by atoms with Crippen LogP contribution in [0.1, 0.15) is 36.7 Å². The number of carbonyl (C=O) groups excluding carboxylic acids is 1. The summed E-state index contributed by atoms with van der Waals surface area (Å²) >= 11 is 0. The smallest absolute Gasteiger partial charge is 0.253 e. The molecule has 0 aliphatic heterocycles. The van der Waals surface area contributed by atoms with Crippen LogP contribution in [0.15, 0.2) is 42.7 Å². The molecule has 0 aliphatic carbocycles. The van der Waals surface area contributed by atoms with Crippen molar-refractivity contribution in [3.63, 3.8) is 0 Å². The fourth-order valence-corrected chi connectivity index (χ4v) is 2.08. The fraction of sp³-hybridized carbons (Fsp3) is 0.333. The van der Waals surface area contributed by atoms with Crippen LogP contribution >= 0.6 is 0 Å². The predicted octanol–water partition coefficient (Wildman–Crippen LogP) is 3.40. The summed E-state index contributed by atoms with van der Waals surface area (Å²) in [5.41, 5.74) is 2.07. The third kappa shape index (κ3) is 5.70. The minimum atomic E-state index is -0.289. The van der Waals surface area contributed by atoms with Crippen molar-refractivity contribution in [2.24, 2.45) is 0 Å². The predicted molar refractivity (Wildman–Crippen MR) is 90.0 cm³/mol. The van der Waals surface area contributed by atoms with Crippen LogP contribution in [0.25, 0.3) is 0 Å². The second-order valence-corrected chi connectivity index (χ2v) is 6.47. The van der Waals surface area contributed by atoms with Crippen LogP contribution in [0.2, 0.25) is 0 Å². The van der Waals surface area contributed by atoms with Crippen molar-refractivity contribution in [2.75, 3.05) is 11.9 Å². The molecule has 0 fully saturated rings. The van der Waals surface area contributed by atoms with E-state index in [1.807, 2.05) is 20.8 Å². The van der Waals surface area contributed by atoms with Gasteiger partial charge in [0.2, 0.25) is 0 Å². The molecule has 2 rings (SSSR count). The molecular weight excluding hydrogens is 293 g/mol. The number of amides is 1. The minimum absolute atomic E-state index is 0.146. The van der Waals surface area contributed by atoms with Crippen LogP contribution < -0.4 is 10.6 Å². The van der Waals surface area contributed by atoms with Gasteiger partial charge >= 0.3 is 0 Å². The Balaban J connectivity index is 1.92. The minimum Gasteiger partial charge on any atom is -0.383 e. The lowest BCUT2D eigenvalue weighted by Gasteiger charge is -2.20. The fourth-order valence-electron chi connectivity index (χ4n) is 2.08. The Morgan fingerprint density at radius 3 is 2.52 bits per heavy atom. The van der Waals surface area contributed by atoms with E-state index in [1.165, 1.54) is 12.1 Å². The van der Waals surface area contributed by atoms with Gasteiger partial charge in [-0.2, -0.15) is 0 Å². The first-order valence-corrected chi connectivity index (χ1v) is 7.59. The Kier molecular flexibility index (Phi) is 5.32. The SMILES string of the molecule is CC(C)(C)NC(=O)c1cncc(NCCc2ccc(F)cc2)c1. The van der Waals surface area contributed by atoms with Gasteiger partial charge in [0.05, 0.1) is 11.3 Å². The van der Waals surface area contributed by atoms with Crippen LogP contribution in [0.3, 0.4) is 0 Å². The van der Waals surface area contributed by atoms with Gasteiger partial charge in [-0.05, 0) is 51.0 Å². The molecule has 0 unspecified atom stereocenters. The maximum atomic E-state index is 12.8. The first-order chi connectivity index (χ1) is 10.8. The summed E-state index contributed by atoms with van der Waals surface area (Å²) < 4.78 is 12.8. The van der Waals surface area contributed by atoms with E-state index in [-0.39, 0.29) is 17.3 Å². The van der Waals surface area contributed by atoms with E-state index in [0.29, 0.717) is 12.1 Å². The third-order valence-electron chi connectivity index (χ3n) is 3.15. The Bertz CT molecular complexity index is 663. The number of aromatic nitrogens is 1. The van der Waals surface area contributed by atoms with Crippen LogP contribution in [0.5, 0.6) is 0 Å². The number of pyridine rings is 1. The monoisotopic (exact) mass is 315 g/mol. The maximum Gasteiger partial charge on any atom is 0.253 e. The lowest BCUT2D eigenvalue weighted by Crippen LogP contribution is -2.40. The second-order valence-electron chi connectivity index (χ2n) is 6.47. The Morgan fingerprint density at radius 2 is 1.87 bits per heavy atom. The molecule has 0 saturated heterocycles. The van der Waals surface area contributed by atoms with E-state index >= 15 is 0 Å². The van der Waals surface area contributed by atoms with E-state index in [1.54, 1.807) is 30.6 Å². The van der Waals surface area contributed by atoms with E-state index in [0.717, 1.165) is 17.7 Å². The molecule has 1 aromatic heterocycles. The topological polar surface area (TPSA) is 54.0 Å². The number of hydrogen-bond acceptors (Lipinski definition) is 3. The molecule has 1 amide bonds. The standard InChI is InChI=1S/C18H22FN3O/c1-18(2,3)22-17(23)14-10-16(12-20-11-14)21-9-8-13-4-6-15(19)7-5-13/h4-7,10-12,21H,8-9H2,1-3H3,(H,22,23). The zero-order chi connectivity index (χ0) is 16.9. The number of rotatable bonds is 5. The van der Waals surface area contributed by atoms with Crippen molar-refractivity contribution in [2.45, 2.75) is 32.7 Å². The second kappa shape index (κ2) is 7.22. The van der Waals surface area contributed by atoms with Gasteiger partial charge < -0.3 is 10.6 Å². The van der Waals surface area contributed by atoms with Gasteiger partial charge in [-0.1, -0.05) is 12.1 Å². The molecule has 4 nitrogen and oxygen atoms in total. The Hall–Kier alpha value is -2.43. The molecule has 2 N–H and O–H groups in total. The van der Waals surface area contributed by atoms with Crippen molar-refractivity contribution < 1.29 is 9.18 Å². The molecule has 122 valence electrons. The van der Waals surface area contributed by atoms with Gasteiger partial charge in [0.25, 0.3) is 5.91 Å². The molecule has 0 atom stereocenters. The highest BCUT2D eigenvalue weighted by atomic mass is 19.1. The Labute approximate surface area is 136 Å². The number of anilines is 1. The van der Waals surface area contributed by atoms with Crippen molar-refractivity contribution in [1.82, 2.24) is 10.3 Å². The van der Waals surface area contributed by atoms with Gasteiger partial charge in [-0.3, -0.25) is 9.78 Å². The zero-order valence-electron chi connectivity index (χ0n) is 13.7. The number of hydrogen-bond donors (Lipinski definition) is 2. The molecule has 1 aromatic carbocycles. The third-order valence-corrected chi connectivity index (χ3v) is 3.15. The molecule has 23 heavy (non-hydrogen) atoms. The highest BCUT2D eigenvalue weighted by Crippen LogP contribution is 2.11. The normalized spacial score (nSPS) is 11.1. The van der Waals surface area contributed by atoms with Crippen molar-refractivity contribution >= 4 is 11.6 Å².